The molecule has 2 aromatic rings. The number of aliphatic imine (C=N–C) groups is 1. The van der Waals surface area contributed by atoms with Crippen molar-refractivity contribution in [2.24, 2.45) is 4.99 Å². The van der Waals surface area contributed by atoms with Crippen molar-refractivity contribution in [2.75, 3.05) is 0 Å². The van der Waals surface area contributed by atoms with E-state index in [0.29, 0.717) is 31.4 Å². The van der Waals surface area contributed by atoms with Gasteiger partial charge in [-0.2, -0.15) is 0 Å². The van der Waals surface area contributed by atoms with E-state index in [1.165, 1.54) is 12.1 Å². The number of carbonyl (C=O) groups excluding carboxylic acids is 1. The molecular formula is C16H9Cl2FN2OS. The molecule has 1 amide bonds. The molecule has 0 atom stereocenters. The van der Waals surface area contributed by atoms with E-state index in [1.54, 1.807) is 36.4 Å². The van der Waals surface area contributed by atoms with Crippen LogP contribution in [0.5, 0.6) is 0 Å². The van der Waals surface area contributed by atoms with E-state index in [1.807, 2.05) is 0 Å². The van der Waals surface area contributed by atoms with Crippen LogP contribution in [0.2, 0.25) is 10.0 Å². The molecule has 23 heavy (non-hydrogen) atoms. The lowest BCUT2D eigenvalue weighted by atomic mass is 10.2. The molecule has 0 aliphatic carbocycles. The number of rotatable bonds is 2. The Labute approximate surface area is 146 Å². The molecule has 116 valence electrons. The van der Waals surface area contributed by atoms with Gasteiger partial charge in [0, 0.05) is 0 Å². The molecule has 3 rings (SSSR count). The number of hydrogen-bond acceptors (Lipinski definition) is 3. The van der Waals surface area contributed by atoms with Gasteiger partial charge >= 0.3 is 0 Å². The Morgan fingerprint density at radius 2 is 1.96 bits per heavy atom. The normalized spacial score (nSPS) is 17.8. The number of amidine groups is 1. The van der Waals surface area contributed by atoms with Crippen LogP contribution >= 0.6 is 35.0 Å². The molecule has 1 saturated heterocycles. The second-order valence-corrected chi connectivity index (χ2v) is 6.43. The van der Waals surface area contributed by atoms with Gasteiger partial charge in [-0.05, 0) is 47.7 Å². The number of halogens is 3. The van der Waals surface area contributed by atoms with Gasteiger partial charge < -0.3 is 5.32 Å². The van der Waals surface area contributed by atoms with Gasteiger partial charge in [-0.15, -0.1) is 0 Å². The van der Waals surface area contributed by atoms with E-state index in [4.69, 9.17) is 23.2 Å². The highest BCUT2D eigenvalue weighted by atomic mass is 35.5. The number of hydrogen-bond donors (Lipinski definition) is 1. The Morgan fingerprint density at radius 3 is 2.74 bits per heavy atom. The number of nitrogens with zero attached hydrogens (tertiary/aromatic N) is 1. The molecule has 3 nitrogen and oxygen atoms in total. The van der Waals surface area contributed by atoms with Crippen molar-refractivity contribution in [1.29, 1.82) is 0 Å². The third kappa shape index (κ3) is 3.75. The van der Waals surface area contributed by atoms with Gasteiger partial charge in [0.15, 0.2) is 5.17 Å². The number of amides is 1. The summed E-state index contributed by atoms with van der Waals surface area (Å²) >= 11 is 13.2. The molecule has 1 aliphatic rings. The summed E-state index contributed by atoms with van der Waals surface area (Å²) in [5.74, 6) is -0.654. The van der Waals surface area contributed by atoms with Crippen LogP contribution in [0.1, 0.15) is 5.56 Å². The fourth-order valence-electron chi connectivity index (χ4n) is 1.92. The first-order valence-corrected chi connectivity index (χ1v) is 8.09. The average Bonchev–Trinajstić information content (AvgIpc) is 2.84. The molecule has 7 heteroatoms. The van der Waals surface area contributed by atoms with Crippen molar-refractivity contribution < 1.29 is 9.18 Å². The van der Waals surface area contributed by atoms with Crippen LogP contribution in [0.3, 0.4) is 0 Å². The van der Waals surface area contributed by atoms with Gasteiger partial charge in [-0.1, -0.05) is 41.4 Å². The predicted molar refractivity (Wildman–Crippen MR) is 93.7 cm³/mol. The first kappa shape index (κ1) is 16.1. The minimum atomic E-state index is -0.359. The third-order valence-electron chi connectivity index (χ3n) is 2.95. The van der Waals surface area contributed by atoms with Crippen LogP contribution in [0.25, 0.3) is 6.08 Å². The number of benzene rings is 2. The molecule has 1 aliphatic heterocycles. The van der Waals surface area contributed by atoms with Crippen LogP contribution in [0.4, 0.5) is 10.1 Å². The average molecular weight is 367 g/mol. The highest BCUT2D eigenvalue weighted by Crippen LogP contribution is 2.34. The Balaban J connectivity index is 1.88. The van der Waals surface area contributed by atoms with E-state index in [0.717, 1.165) is 11.8 Å². The third-order valence-corrected chi connectivity index (χ3v) is 4.67. The highest BCUT2D eigenvalue weighted by Gasteiger charge is 2.24. The monoisotopic (exact) mass is 366 g/mol. The molecule has 0 bridgehead atoms. The zero-order valence-corrected chi connectivity index (χ0v) is 13.8. The Bertz CT molecular complexity index is 852. The largest absolute Gasteiger partial charge is 0.300 e. The maximum absolute atomic E-state index is 13.2. The van der Waals surface area contributed by atoms with E-state index in [-0.39, 0.29) is 11.7 Å². The van der Waals surface area contributed by atoms with Gasteiger partial charge in [-0.25, -0.2) is 9.38 Å². The first-order valence-electron chi connectivity index (χ1n) is 6.52. The van der Waals surface area contributed by atoms with Crippen molar-refractivity contribution in [3.8, 4) is 0 Å². The van der Waals surface area contributed by atoms with Gasteiger partial charge in [0.05, 0.1) is 20.6 Å². The van der Waals surface area contributed by atoms with Gasteiger partial charge in [0.2, 0.25) is 0 Å². The molecule has 0 aromatic heterocycles. The Kier molecular flexibility index (Phi) is 4.71. The van der Waals surface area contributed by atoms with E-state index >= 15 is 0 Å². The maximum Gasteiger partial charge on any atom is 0.264 e. The Hall–Kier alpha value is -1.82. The molecule has 2 aromatic carbocycles. The molecular weight excluding hydrogens is 358 g/mol. The lowest BCUT2D eigenvalue weighted by molar-refractivity contribution is -0.115. The lowest BCUT2D eigenvalue weighted by Crippen LogP contribution is -2.19. The van der Waals surface area contributed by atoms with Crippen LogP contribution in [-0.2, 0) is 4.79 Å². The van der Waals surface area contributed by atoms with Crippen molar-refractivity contribution >= 4 is 57.8 Å². The van der Waals surface area contributed by atoms with Crippen LogP contribution in [0, 0.1) is 5.82 Å². The van der Waals surface area contributed by atoms with Gasteiger partial charge in [0.1, 0.15) is 5.82 Å². The fourth-order valence-corrected chi connectivity index (χ4v) is 3.09. The topological polar surface area (TPSA) is 41.5 Å². The first-order chi connectivity index (χ1) is 11.0. The number of nitrogens with one attached hydrogen (secondary N) is 1. The summed E-state index contributed by atoms with van der Waals surface area (Å²) in [6.45, 7) is 0. The summed E-state index contributed by atoms with van der Waals surface area (Å²) in [4.78, 5) is 16.7. The summed E-state index contributed by atoms with van der Waals surface area (Å²) in [6.07, 6.45) is 1.60. The second-order valence-electron chi connectivity index (χ2n) is 4.61. The molecule has 1 heterocycles. The summed E-state index contributed by atoms with van der Waals surface area (Å²) in [7, 11) is 0. The standard InChI is InChI=1S/C16H9Cl2FN2OS/c17-11-5-2-6-12(14(11)18)20-16-21-15(22)13(23-16)8-9-3-1-4-10(19)7-9/h1-8H,(H,20,21,22). The summed E-state index contributed by atoms with van der Waals surface area (Å²) in [5.41, 5.74) is 1.07. The molecule has 0 unspecified atom stereocenters. The Morgan fingerprint density at radius 1 is 1.17 bits per heavy atom. The number of thioether (sulfide) groups is 1. The molecule has 1 N–H and O–H groups in total. The zero-order valence-electron chi connectivity index (χ0n) is 11.5. The van der Waals surface area contributed by atoms with Crippen LogP contribution in [-0.4, -0.2) is 11.1 Å². The fraction of sp³-hybridized carbons (Fsp3) is 0. The van der Waals surface area contributed by atoms with Gasteiger partial charge in [-0.3, -0.25) is 4.79 Å². The molecule has 0 radical (unpaired) electrons. The van der Waals surface area contributed by atoms with Crippen LogP contribution < -0.4 is 5.32 Å². The minimum absolute atomic E-state index is 0.295. The number of carbonyl (C=O) groups is 1. The summed E-state index contributed by atoms with van der Waals surface area (Å²) in [6, 6.07) is 11.1. The quantitative estimate of drug-likeness (QED) is 0.757. The lowest BCUT2D eigenvalue weighted by Gasteiger charge is -2.00. The van der Waals surface area contributed by atoms with E-state index in [9.17, 15) is 9.18 Å². The van der Waals surface area contributed by atoms with Crippen molar-refractivity contribution in [2.45, 2.75) is 0 Å². The SMILES string of the molecule is O=C1NC(=Nc2cccc(Cl)c2Cl)SC1=Cc1cccc(F)c1. The second kappa shape index (κ2) is 6.74. The van der Waals surface area contributed by atoms with E-state index in [2.05, 4.69) is 10.3 Å². The summed E-state index contributed by atoms with van der Waals surface area (Å²) < 4.78 is 13.2. The predicted octanol–water partition coefficient (Wildman–Crippen LogP) is 5.02. The summed E-state index contributed by atoms with van der Waals surface area (Å²) in [5, 5.41) is 3.74. The van der Waals surface area contributed by atoms with Crippen molar-refractivity contribution in [3.63, 3.8) is 0 Å². The van der Waals surface area contributed by atoms with Gasteiger partial charge in [0.25, 0.3) is 5.91 Å². The molecule has 0 spiro atoms. The molecule has 0 saturated carbocycles. The van der Waals surface area contributed by atoms with Crippen molar-refractivity contribution in [1.82, 2.24) is 5.32 Å². The maximum atomic E-state index is 13.2. The highest BCUT2D eigenvalue weighted by molar-refractivity contribution is 8.18. The van der Waals surface area contributed by atoms with Crippen LogP contribution in [0.15, 0.2) is 52.4 Å². The zero-order chi connectivity index (χ0) is 16.4. The minimum Gasteiger partial charge on any atom is -0.300 e. The van der Waals surface area contributed by atoms with E-state index < -0.39 is 0 Å². The van der Waals surface area contributed by atoms with Crippen molar-refractivity contribution in [3.05, 3.63) is 68.8 Å². The smallest absolute Gasteiger partial charge is 0.264 e. The molecule has 1 fully saturated rings.